The first-order valence-corrected chi connectivity index (χ1v) is 14.1. The van der Waals surface area contributed by atoms with Crippen LogP contribution in [0.15, 0.2) is 86.0 Å². The van der Waals surface area contributed by atoms with Crippen LogP contribution in [-0.4, -0.2) is 25.2 Å². The fraction of sp³-hybridized carbons (Fsp3) is 0.278. The molecule has 0 unspecified atom stereocenters. The molecule has 5 heteroatoms. The Morgan fingerprint density at radius 2 is 1.49 bits per heavy atom. The number of ether oxygens (including phenoxy) is 3. The number of benzene rings is 3. The molecule has 3 aromatic rings. The van der Waals surface area contributed by atoms with Crippen molar-refractivity contribution in [3.8, 4) is 23.3 Å². The standard InChI is InChI=1S/C36H38O5/c1-4-7-12-28-13-15-29(16-14-28)17-18-30-19-24-34(31(5-2)27-30)41-36(38)32-20-22-33(23-21-32)39-25-10-8-9-11-26-40-35(37)6-3/h5-6,13-16,19-24,27H,2-4,7-12,25-26H2,1H3. The minimum Gasteiger partial charge on any atom is -0.494 e. The third kappa shape index (κ3) is 10.8. The SMILES string of the molecule is C=CC(=O)OCCCCCCOc1ccc(C(=O)Oc2ccc(C#Cc3ccc(CCCC)cc3)cc2C=C)cc1. The Kier molecular flexibility index (Phi) is 13.0. The van der Waals surface area contributed by atoms with Gasteiger partial charge in [-0.3, -0.25) is 0 Å². The van der Waals surface area contributed by atoms with Crippen LogP contribution in [0.25, 0.3) is 6.08 Å². The summed E-state index contributed by atoms with van der Waals surface area (Å²) in [5, 5.41) is 0. The first-order valence-electron chi connectivity index (χ1n) is 14.1. The molecule has 0 saturated carbocycles. The van der Waals surface area contributed by atoms with Crippen molar-refractivity contribution in [2.24, 2.45) is 0 Å². The second-order valence-corrected chi connectivity index (χ2v) is 9.56. The van der Waals surface area contributed by atoms with Crippen LogP contribution >= 0.6 is 0 Å². The van der Waals surface area contributed by atoms with E-state index < -0.39 is 5.97 Å². The van der Waals surface area contributed by atoms with Gasteiger partial charge < -0.3 is 14.2 Å². The first-order chi connectivity index (χ1) is 20.0. The molecular weight excluding hydrogens is 512 g/mol. The average Bonchev–Trinajstić information content (AvgIpc) is 3.01. The van der Waals surface area contributed by atoms with Crippen molar-refractivity contribution in [3.63, 3.8) is 0 Å². The van der Waals surface area contributed by atoms with Crippen LogP contribution in [0.5, 0.6) is 11.5 Å². The molecule has 0 radical (unpaired) electrons. The van der Waals surface area contributed by atoms with Crippen molar-refractivity contribution in [2.45, 2.75) is 51.9 Å². The number of carbonyl (C=O) groups is 2. The highest BCUT2D eigenvalue weighted by molar-refractivity contribution is 5.91. The van der Waals surface area contributed by atoms with Gasteiger partial charge in [-0.05, 0) is 98.7 Å². The Hall–Kier alpha value is -4.56. The Bertz CT molecular complexity index is 1360. The molecule has 3 aromatic carbocycles. The van der Waals surface area contributed by atoms with E-state index in [1.165, 1.54) is 24.5 Å². The fourth-order valence-corrected chi connectivity index (χ4v) is 3.98. The van der Waals surface area contributed by atoms with Gasteiger partial charge in [-0.15, -0.1) is 0 Å². The monoisotopic (exact) mass is 550 g/mol. The normalized spacial score (nSPS) is 10.2. The smallest absolute Gasteiger partial charge is 0.343 e. The molecule has 0 bridgehead atoms. The van der Waals surface area contributed by atoms with Gasteiger partial charge in [-0.25, -0.2) is 9.59 Å². The summed E-state index contributed by atoms with van der Waals surface area (Å²) < 4.78 is 16.4. The summed E-state index contributed by atoms with van der Waals surface area (Å²) in [7, 11) is 0. The molecule has 0 saturated heterocycles. The maximum atomic E-state index is 12.8. The van der Waals surface area contributed by atoms with E-state index in [1.807, 2.05) is 24.3 Å². The van der Waals surface area contributed by atoms with E-state index in [0.29, 0.717) is 35.8 Å². The van der Waals surface area contributed by atoms with Crippen molar-refractivity contribution in [1.82, 2.24) is 0 Å². The highest BCUT2D eigenvalue weighted by Crippen LogP contribution is 2.23. The van der Waals surface area contributed by atoms with E-state index in [2.05, 4.69) is 44.1 Å². The zero-order valence-corrected chi connectivity index (χ0v) is 23.8. The van der Waals surface area contributed by atoms with Crippen LogP contribution in [0.1, 0.15) is 78.1 Å². The molecule has 212 valence electrons. The summed E-state index contributed by atoms with van der Waals surface area (Å²) in [5.74, 6) is 6.65. The van der Waals surface area contributed by atoms with Crippen molar-refractivity contribution < 1.29 is 23.8 Å². The summed E-state index contributed by atoms with van der Waals surface area (Å²) in [6.45, 7) is 10.4. The molecule has 0 aliphatic carbocycles. The van der Waals surface area contributed by atoms with E-state index >= 15 is 0 Å². The molecule has 0 N–H and O–H groups in total. The molecule has 0 fully saturated rings. The van der Waals surface area contributed by atoms with Gasteiger partial charge in [0.1, 0.15) is 11.5 Å². The van der Waals surface area contributed by atoms with Gasteiger partial charge in [0.2, 0.25) is 0 Å². The van der Waals surface area contributed by atoms with Crippen LogP contribution in [0.2, 0.25) is 0 Å². The lowest BCUT2D eigenvalue weighted by Gasteiger charge is -2.09. The van der Waals surface area contributed by atoms with Gasteiger partial charge in [0, 0.05) is 22.8 Å². The van der Waals surface area contributed by atoms with Crippen LogP contribution < -0.4 is 9.47 Å². The van der Waals surface area contributed by atoms with Crippen LogP contribution in [0, 0.1) is 11.8 Å². The van der Waals surface area contributed by atoms with Gasteiger partial charge in [0.05, 0.1) is 18.8 Å². The third-order valence-corrected chi connectivity index (χ3v) is 6.36. The molecule has 3 rings (SSSR count). The molecule has 0 atom stereocenters. The Labute approximate surface area is 243 Å². The molecule has 0 spiro atoms. The first kappa shape index (κ1) is 31.0. The Morgan fingerprint density at radius 1 is 0.805 bits per heavy atom. The lowest BCUT2D eigenvalue weighted by molar-refractivity contribution is -0.137. The number of hydrogen-bond acceptors (Lipinski definition) is 5. The van der Waals surface area contributed by atoms with Gasteiger partial charge in [0.25, 0.3) is 0 Å². The number of esters is 2. The molecular formula is C36H38O5. The van der Waals surface area contributed by atoms with E-state index in [4.69, 9.17) is 14.2 Å². The number of carbonyl (C=O) groups excluding carboxylic acids is 2. The van der Waals surface area contributed by atoms with Crippen LogP contribution in [0.3, 0.4) is 0 Å². The van der Waals surface area contributed by atoms with Gasteiger partial charge in [0.15, 0.2) is 0 Å². The highest BCUT2D eigenvalue weighted by Gasteiger charge is 2.11. The number of unbranched alkanes of at least 4 members (excludes halogenated alkanes) is 4. The predicted octanol–water partition coefficient (Wildman–Crippen LogP) is 7.96. The summed E-state index contributed by atoms with van der Waals surface area (Å²) in [5.41, 5.74) is 4.21. The van der Waals surface area contributed by atoms with Crippen LogP contribution in [0.4, 0.5) is 0 Å². The summed E-state index contributed by atoms with van der Waals surface area (Å²) in [4.78, 5) is 23.8. The second kappa shape index (κ2) is 17.2. The maximum Gasteiger partial charge on any atom is 0.343 e. The van der Waals surface area contributed by atoms with Gasteiger partial charge in [-0.1, -0.05) is 56.6 Å². The van der Waals surface area contributed by atoms with E-state index in [-0.39, 0.29) is 5.97 Å². The van der Waals surface area contributed by atoms with Gasteiger partial charge in [-0.2, -0.15) is 0 Å². The molecule has 0 aliphatic rings. The highest BCUT2D eigenvalue weighted by atomic mass is 16.5. The quantitative estimate of drug-likeness (QED) is 0.0632. The molecule has 0 aromatic heterocycles. The van der Waals surface area contributed by atoms with Gasteiger partial charge >= 0.3 is 11.9 Å². The zero-order valence-electron chi connectivity index (χ0n) is 23.8. The molecule has 0 aliphatic heterocycles. The topological polar surface area (TPSA) is 61.8 Å². The summed E-state index contributed by atoms with van der Waals surface area (Å²) >= 11 is 0. The zero-order chi connectivity index (χ0) is 29.3. The Balaban J connectivity index is 1.47. The fourth-order valence-electron chi connectivity index (χ4n) is 3.98. The number of rotatable bonds is 15. The Morgan fingerprint density at radius 3 is 2.17 bits per heavy atom. The van der Waals surface area contributed by atoms with E-state index in [1.54, 1.807) is 36.4 Å². The number of aryl methyl sites for hydroxylation is 1. The van der Waals surface area contributed by atoms with Crippen molar-refractivity contribution in [1.29, 1.82) is 0 Å². The molecule has 0 amide bonds. The maximum absolute atomic E-state index is 12.8. The molecule has 5 nitrogen and oxygen atoms in total. The van der Waals surface area contributed by atoms with E-state index in [0.717, 1.165) is 43.2 Å². The largest absolute Gasteiger partial charge is 0.494 e. The second-order valence-electron chi connectivity index (χ2n) is 9.56. The van der Waals surface area contributed by atoms with Crippen LogP contribution in [-0.2, 0) is 16.0 Å². The minimum absolute atomic E-state index is 0.389. The van der Waals surface area contributed by atoms with Crippen molar-refractivity contribution in [3.05, 3.63) is 114 Å². The number of hydrogen-bond donors (Lipinski definition) is 0. The third-order valence-electron chi connectivity index (χ3n) is 6.36. The van der Waals surface area contributed by atoms with E-state index in [9.17, 15) is 9.59 Å². The van der Waals surface area contributed by atoms with Crippen molar-refractivity contribution >= 4 is 18.0 Å². The lowest BCUT2D eigenvalue weighted by Crippen LogP contribution is -2.09. The molecule has 0 heterocycles. The minimum atomic E-state index is -0.459. The average molecular weight is 551 g/mol. The van der Waals surface area contributed by atoms with Crippen molar-refractivity contribution in [2.75, 3.05) is 13.2 Å². The summed E-state index contributed by atoms with van der Waals surface area (Å²) in [6.07, 6.45) is 9.90. The summed E-state index contributed by atoms with van der Waals surface area (Å²) in [6, 6.07) is 20.7. The lowest BCUT2D eigenvalue weighted by atomic mass is 10.1. The predicted molar refractivity (Wildman–Crippen MR) is 164 cm³/mol. The molecule has 41 heavy (non-hydrogen) atoms.